The molecule has 1 saturated heterocycles. The molecule has 9 heteroatoms. The minimum absolute atomic E-state index is 0.0389. The van der Waals surface area contributed by atoms with Gasteiger partial charge in [-0.3, -0.25) is 9.59 Å². The van der Waals surface area contributed by atoms with Crippen LogP contribution in [0.2, 0.25) is 5.02 Å². The van der Waals surface area contributed by atoms with E-state index in [9.17, 15) is 9.59 Å². The predicted octanol–water partition coefficient (Wildman–Crippen LogP) is 4.55. The van der Waals surface area contributed by atoms with Crippen LogP contribution in [0.15, 0.2) is 46.0 Å². The average molecular weight is 469 g/mol. The average Bonchev–Trinajstić information content (AvgIpc) is 3.39. The van der Waals surface area contributed by atoms with Crippen molar-refractivity contribution >= 4 is 39.1 Å². The van der Waals surface area contributed by atoms with E-state index in [1.165, 1.54) is 17.7 Å². The van der Waals surface area contributed by atoms with E-state index in [0.717, 1.165) is 24.2 Å². The highest BCUT2D eigenvalue weighted by molar-refractivity contribution is 7.20. The number of carbonyl (C=O) groups excluding carboxylic acids is 1. The van der Waals surface area contributed by atoms with Crippen LogP contribution in [-0.4, -0.2) is 38.8 Å². The number of aryl methyl sites for hydroxylation is 1. The number of rotatable bonds is 4. The van der Waals surface area contributed by atoms with E-state index < -0.39 is 0 Å². The molecule has 7 nitrogen and oxygen atoms in total. The maximum atomic E-state index is 13.3. The quantitative estimate of drug-likeness (QED) is 0.474. The van der Waals surface area contributed by atoms with Gasteiger partial charge < -0.3 is 14.3 Å². The highest BCUT2D eigenvalue weighted by Crippen LogP contribution is 2.32. The third-order valence-corrected chi connectivity index (χ3v) is 7.25. The number of hydrogen-bond donors (Lipinski definition) is 1. The molecule has 0 saturated carbocycles. The molecule has 4 heterocycles. The minimum Gasteiger partial charge on any atom is -0.445 e. The summed E-state index contributed by atoms with van der Waals surface area (Å²) in [6.45, 7) is 3.01. The number of H-pyrrole nitrogens is 1. The maximum absolute atomic E-state index is 13.3. The van der Waals surface area contributed by atoms with Crippen molar-refractivity contribution < 1.29 is 9.21 Å². The number of carbonyl (C=O) groups is 1. The van der Waals surface area contributed by atoms with E-state index in [-0.39, 0.29) is 17.4 Å². The van der Waals surface area contributed by atoms with Gasteiger partial charge in [-0.25, -0.2) is 9.97 Å². The van der Waals surface area contributed by atoms with E-state index in [4.69, 9.17) is 16.0 Å². The summed E-state index contributed by atoms with van der Waals surface area (Å²) < 4.78 is 6.04. The summed E-state index contributed by atoms with van der Waals surface area (Å²) in [5, 5.41) is 1.19. The number of nitrogens with zero attached hydrogens (tertiary/aromatic N) is 3. The van der Waals surface area contributed by atoms with Crippen molar-refractivity contribution in [3.63, 3.8) is 0 Å². The molecule has 0 radical (unpaired) electrons. The van der Waals surface area contributed by atoms with Gasteiger partial charge in [0, 0.05) is 24.5 Å². The molecule has 0 aliphatic carbocycles. The summed E-state index contributed by atoms with van der Waals surface area (Å²) >= 11 is 7.35. The molecule has 4 aromatic rings. The van der Waals surface area contributed by atoms with E-state index >= 15 is 0 Å². The molecule has 3 aromatic heterocycles. The Bertz CT molecular complexity index is 1360. The first-order chi connectivity index (χ1) is 15.5. The Hall–Kier alpha value is -2.97. The highest BCUT2D eigenvalue weighted by atomic mass is 35.5. The minimum atomic E-state index is -0.216. The monoisotopic (exact) mass is 468 g/mol. The van der Waals surface area contributed by atoms with Gasteiger partial charge in [-0.05, 0) is 43.0 Å². The number of oxazole rings is 1. The zero-order valence-corrected chi connectivity index (χ0v) is 19.0. The Labute approximate surface area is 193 Å². The van der Waals surface area contributed by atoms with Crippen molar-refractivity contribution in [2.45, 2.75) is 32.1 Å². The number of benzene rings is 1. The van der Waals surface area contributed by atoms with Gasteiger partial charge in [0.15, 0.2) is 5.89 Å². The van der Waals surface area contributed by atoms with Crippen LogP contribution in [0.3, 0.4) is 0 Å². The molecule has 1 atom stereocenters. The second-order valence-corrected chi connectivity index (χ2v) is 9.47. The summed E-state index contributed by atoms with van der Waals surface area (Å²) in [6.07, 6.45) is 5.52. The molecular weight excluding hydrogens is 448 g/mol. The van der Waals surface area contributed by atoms with Gasteiger partial charge in [-0.2, -0.15) is 0 Å². The van der Waals surface area contributed by atoms with Crippen LogP contribution < -0.4 is 5.56 Å². The molecular formula is C23H21ClN4O3S. The van der Waals surface area contributed by atoms with Crippen molar-refractivity contribution in [1.29, 1.82) is 0 Å². The first-order valence-electron chi connectivity index (χ1n) is 10.4. The van der Waals surface area contributed by atoms with Crippen LogP contribution in [0.4, 0.5) is 0 Å². The number of aromatic nitrogens is 3. The van der Waals surface area contributed by atoms with Gasteiger partial charge in [0.05, 0.1) is 28.7 Å². The van der Waals surface area contributed by atoms with Crippen molar-refractivity contribution in [2.24, 2.45) is 0 Å². The van der Waals surface area contributed by atoms with Crippen LogP contribution in [0, 0.1) is 6.92 Å². The van der Waals surface area contributed by atoms with Crippen LogP contribution in [0.1, 0.15) is 51.2 Å². The third-order valence-electron chi connectivity index (χ3n) is 5.82. The molecule has 0 bridgehead atoms. The standard InChI is InChI=1S/C23H21ClN4O3S/c1-13-18-20(29)26-12-27-22(18)32-19(13)23(30)28-7-3-5-15(11-28)21-25-10-17(31-21)9-14-4-2-6-16(24)8-14/h2,4,6,8,10,12,15H,3,5,7,9,11H2,1H3,(H,26,27,29)/t15-/m0/s1. The third kappa shape index (κ3) is 3.96. The predicted molar refractivity (Wildman–Crippen MR) is 124 cm³/mol. The largest absolute Gasteiger partial charge is 0.445 e. The number of likely N-dealkylation sites (tertiary alicyclic amines) is 1. The number of amides is 1. The van der Waals surface area contributed by atoms with Gasteiger partial charge in [0.1, 0.15) is 10.6 Å². The first-order valence-corrected chi connectivity index (χ1v) is 11.6. The van der Waals surface area contributed by atoms with Gasteiger partial charge >= 0.3 is 0 Å². The molecule has 1 fully saturated rings. The molecule has 0 unspecified atom stereocenters. The van der Waals surface area contributed by atoms with Crippen LogP contribution in [-0.2, 0) is 6.42 Å². The maximum Gasteiger partial charge on any atom is 0.264 e. The molecule has 1 aromatic carbocycles. The van der Waals surface area contributed by atoms with Crippen molar-refractivity contribution in [1.82, 2.24) is 19.9 Å². The van der Waals surface area contributed by atoms with E-state index in [1.807, 2.05) is 29.2 Å². The van der Waals surface area contributed by atoms with Crippen LogP contribution in [0.5, 0.6) is 0 Å². The van der Waals surface area contributed by atoms with E-state index in [0.29, 0.717) is 51.1 Å². The fraction of sp³-hybridized carbons (Fsp3) is 0.304. The fourth-order valence-corrected chi connectivity index (χ4v) is 5.56. The number of fused-ring (bicyclic) bond motifs is 1. The molecule has 1 amide bonds. The molecule has 0 spiro atoms. The number of halogens is 1. The summed E-state index contributed by atoms with van der Waals surface area (Å²) in [6, 6.07) is 7.67. The molecule has 32 heavy (non-hydrogen) atoms. The smallest absolute Gasteiger partial charge is 0.264 e. The normalized spacial score (nSPS) is 16.6. The zero-order chi connectivity index (χ0) is 22.2. The summed E-state index contributed by atoms with van der Waals surface area (Å²) in [4.78, 5) is 39.7. The Morgan fingerprint density at radius 1 is 1.38 bits per heavy atom. The Kier molecular flexibility index (Phi) is 5.57. The topological polar surface area (TPSA) is 92.1 Å². The lowest BCUT2D eigenvalue weighted by molar-refractivity contribution is 0.0702. The summed E-state index contributed by atoms with van der Waals surface area (Å²) in [5.41, 5.74) is 1.53. The van der Waals surface area contributed by atoms with Gasteiger partial charge in [-0.1, -0.05) is 23.7 Å². The van der Waals surface area contributed by atoms with Crippen LogP contribution in [0.25, 0.3) is 10.2 Å². The number of thiophene rings is 1. The summed E-state index contributed by atoms with van der Waals surface area (Å²) in [5.74, 6) is 1.40. The lowest BCUT2D eigenvalue weighted by atomic mass is 9.97. The van der Waals surface area contributed by atoms with Crippen molar-refractivity contribution in [3.05, 3.63) is 79.8 Å². The van der Waals surface area contributed by atoms with Gasteiger partial charge in [0.2, 0.25) is 0 Å². The summed E-state index contributed by atoms with van der Waals surface area (Å²) in [7, 11) is 0. The van der Waals surface area contributed by atoms with E-state index in [2.05, 4.69) is 15.0 Å². The Morgan fingerprint density at radius 2 is 2.25 bits per heavy atom. The number of hydrogen-bond acceptors (Lipinski definition) is 6. The number of nitrogens with one attached hydrogen (secondary N) is 1. The lowest BCUT2D eigenvalue weighted by Crippen LogP contribution is -2.39. The van der Waals surface area contributed by atoms with Gasteiger partial charge in [0.25, 0.3) is 11.5 Å². The Morgan fingerprint density at radius 3 is 3.06 bits per heavy atom. The fourth-order valence-electron chi connectivity index (χ4n) is 4.23. The van der Waals surface area contributed by atoms with E-state index in [1.54, 1.807) is 13.1 Å². The Balaban J connectivity index is 1.33. The second-order valence-electron chi connectivity index (χ2n) is 8.03. The first kappa shape index (κ1) is 20.9. The lowest BCUT2D eigenvalue weighted by Gasteiger charge is -2.31. The molecule has 1 aliphatic heterocycles. The number of aromatic amines is 1. The number of piperidine rings is 1. The van der Waals surface area contributed by atoms with Crippen molar-refractivity contribution in [3.8, 4) is 0 Å². The molecule has 5 rings (SSSR count). The molecule has 1 aliphatic rings. The molecule has 1 N–H and O–H groups in total. The SMILES string of the molecule is Cc1c(C(=O)N2CCC[C@H](c3ncc(Cc4cccc(Cl)c4)o3)C2)sc2nc[nH]c(=O)c12. The molecule has 164 valence electrons. The van der Waals surface area contributed by atoms with Crippen LogP contribution >= 0.6 is 22.9 Å². The van der Waals surface area contributed by atoms with Gasteiger partial charge in [-0.15, -0.1) is 11.3 Å². The second kappa shape index (κ2) is 8.52. The zero-order valence-electron chi connectivity index (χ0n) is 17.4. The highest BCUT2D eigenvalue weighted by Gasteiger charge is 2.30. The van der Waals surface area contributed by atoms with Crippen molar-refractivity contribution in [2.75, 3.05) is 13.1 Å².